The van der Waals surface area contributed by atoms with Crippen LogP contribution in [0.3, 0.4) is 0 Å². The third kappa shape index (κ3) is 10.8. The summed E-state index contributed by atoms with van der Waals surface area (Å²) in [5, 5.41) is 14.9. The average Bonchev–Trinajstić information content (AvgIpc) is 3.56. The largest absolute Gasteiger partial charge is 0.418 e. The Balaban J connectivity index is 1.40. The lowest BCUT2D eigenvalue weighted by Gasteiger charge is -2.40. The predicted octanol–water partition coefficient (Wildman–Crippen LogP) is 6.09. The van der Waals surface area contributed by atoms with Gasteiger partial charge in [0.2, 0.25) is 17.7 Å². The molecule has 2 aromatic carbocycles. The van der Waals surface area contributed by atoms with Crippen molar-refractivity contribution < 1.29 is 41.5 Å². The van der Waals surface area contributed by atoms with Crippen LogP contribution in [0.2, 0.25) is 0 Å². The normalized spacial score (nSPS) is 19.4. The summed E-state index contributed by atoms with van der Waals surface area (Å²) in [4.78, 5) is 58.2. The number of aryl methyl sites for hydroxylation is 1. The minimum atomic E-state index is -4.63. The summed E-state index contributed by atoms with van der Waals surface area (Å²) in [5.74, 6) is -2.40. The molecule has 6 N–H and O–H groups in total. The number of fused-ring (bicyclic) bond motifs is 3. The fourth-order valence-corrected chi connectivity index (χ4v) is 7.80. The van der Waals surface area contributed by atoms with E-state index in [-0.39, 0.29) is 55.3 Å². The highest BCUT2D eigenvalue weighted by Gasteiger charge is 2.47. The number of carbonyl (C=O) groups excluding carboxylic acids is 4. The zero-order valence-corrected chi connectivity index (χ0v) is 33.2. The van der Waals surface area contributed by atoms with Crippen LogP contribution in [0.5, 0.6) is 0 Å². The monoisotopic (exact) mass is 800 g/mol. The van der Waals surface area contributed by atoms with Gasteiger partial charge in [-0.1, -0.05) is 70.9 Å². The number of para-hydroxylation sites is 1. The van der Waals surface area contributed by atoms with Gasteiger partial charge in [0.25, 0.3) is 0 Å². The summed E-state index contributed by atoms with van der Waals surface area (Å²) in [7, 11) is 0. The summed E-state index contributed by atoms with van der Waals surface area (Å²) in [5.41, 5.74) is -1.41. The minimum Gasteiger partial charge on any atom is -0.381 e. The molecule has 2 unspecified atom stereocenters. The standard InChI is InChI=1S/C42H56F4N6O5/c1-5-25(3)34(24-48-40(56)47-19-15-27-16-20-57-21-17-27)50-39(55)41(18-14-33-30(23-41)29-11-9-12-31(37(29)49-33)42(44,45)46)52-38(54)36(26(4)6-2)51-35(53)22-28-10-7-8-13-32(28)43/h7-13,25-27,34,36,49H,5-6,14-24H2,1-4H3,(H,50,55)(H,51,53)(H,52,54)(H2,47,48,56)/t25?,26?,34-,36+,41-/m1/s1. The van der Waals surface area contributed by atoms with Gasteiger partial charge in [0, 0.05) is 49.8 Å². The molecule has 1 aliphatic heterocycles. The Morgan fingerprint density at radius 3 is 2.35 bits per heavy atom. The second-order valence-corrected chi connectivity index (χ2v) is 15.7. The second kappa shape index (κ2) is 19.2. The zero-order chi connectivity index (χ0) is 41.3. The van der Waals surface area contributed by atoms with Gasteiger partial charge in [0.1, 0.15) is 17.4 Å². The molecule has 5 amide bonds. The summed E-state index contributed by atoms with van der Waals surface area (Å²) in [6.07, 6.45) is -1.05. The molecular weight excluding hydrogens is 744 g/mol. The molecular formula is C42H56F4N6O5. The van der Waals surface area contributed by atoms with Crippen LogP contribution < -0.4 is 26.6 Å². The van der Waals surface area contributed by atoms with E-state index in [0.29, 0.717) is 55.2 Å². The Bertz CT molecular complexity index is 1880. The Labute approximate surface area is 331 Å². The average molecular weight is 801 g/mol. The van der Waals surface area contributed by atoms with Crippen LogP contribution in [0, 0.1) is 23.6 Å². The first-order chi connectivity index (χ1) is 27.2. The van der Waals surface area contributed by atoms with Crippen molar-refractivity contribution in [2.75, 3.05) is 26.3 Å². The molecule has 1 aliphatic carbocycles. The van der Waals surface area contributed by atoms with Gasteiger partial charge in [-0.25, -0.2) is 9.18 Å². The number of hydrogen-bond acceptors (Lipinski definition) is 5. The van der Waals surface area contributed by atoms with Crippen LogP contribution in [-0.2, 0) is 44.6 Å². The molecule has 2 heterocycles. The molecule has 1 fully saturated rings. The van der Waals surface area contributed by atoms with Gasteiger partial charge >= 0.3 is 12.2 Å². The van der Waals surface area contributed by atoms with Crippen LogP contribution in [-0.4, -0.2) is 72.7 Å². The highest BCUT2D eigenvalue weighted by Crippen LogP contribution is 2.40. The van der Waals surface area contributed by atoms with Gasteiger partial charge in [-0.05, 0) is 73.1 Å². The van der Waals surface area contributed by atoms with Crippen LogP contribution >= 0.6 is 0 Å². The molecule has 0 spiro atoms. The van der Waals surface area contributed by atoms with Crippen LogP contribution in [0.4, 0.5) is 22.4 Å². The molecule has 2 aliphatic rings. The molecule has 57 heavy (non-hydrogen) atoms. The molecule has 11 nitrogen and oxygen atoms in total. The van der Waals surface area contributed by atoms with Gasteiger partial charge in [-0.3, -0.25) is 14.4 Å². The lowest BCUT2D eigenvalue weighted by molar-refractivity contribution is -0.137. The van der Waals surface area contributed by atoms with Gasteiger partial charge in [0.05, 0.1) is 17.5 Å². The molecule has 5 rings (SSSR count). The Morgan fingerprint density at radius 2 is 1.67 bits per heavy atom. The number of ether oxygens (including phenoxy) is 1. The van der Waals surface area contributed by atoms with Crippen molar-refractivity contribution in [2.45, 2.75) is 109 Å². The summed E-state index contributed by atoms with van der Waals surface area (Å²) in [6.45, 7) is 9.51. The molecule has 0 bridgehead atoms. The summed E-state index contributed by atoms with van der Waals surface area (Å²) < 4.78 is 62.1. The Kier molecular flexibility index (Phi) is 14.6. The maximum atomic E-state index is 14.8. The number of amides is 5. The molecule has 1 saturated heterocycles. The topological polar surface area (TPSA) is 153 Å². The maximum Gasteiger partial charge on any atom is 0.418 e. The van der Waals surface area contributed by atoms with E-state index in [2.05, 4.69) is 31.6 Å². The minimum absolute atomic E-state index is 0.0372. The fraction of sp³-hybridized carbons (Fsp3) is 0.571. The van der Waals surface area contributed by atoms with Crippen molar-refractivity contribution in [3.05, 3.63) is 70.7 Å². The number of halogens is 4. The third-order valence-corrected chi connectivity index (χ3v) is 11.8. The van der Waals surface area contributed by atoms with Crippen molar-refractivity contribution in [3.63, 3.8) is 0 Å². The highest BCUT2D eigenvalue weighted by molar-refractivity contribution is 5.97. The number of rotatable bonds is 16. The van der Waals surface area contributed by atoms with E-state index in [1.54, 1.807) is 19.1 Å². The number of urea groups is 1. The molecule has 0 saturated carbocycles. The number of aromatic amines is 1. The SMILES string of the molecule is CCC(C)[C@H](NC(=O)Cc1ccccc1F)C(=O)N[C@]1(C(=O)N[C@H](CNC(=O)NCCC2CCOCC2)C(C)CC)CCc2[nH]c3c(C(F)(F)F)cccc3c2C1. The van der Waals surface area contributed by atoms with E-state index in [1.807, 2.05) is 20.8 Å². The van der Waals surface area contributed by atoms with E-state index in [9.17, 15) is 36.7 Å². The number of H-pyrrole nitrogens is 1. The summed E-state index contributed by atoms with van der Waals surface area (Å²) in [6, 6.07) is 7.66. The number of benzene rings is 2. The van der Waals surface area contributed by atoms with Gasteiger partial charge in [0.15, 0.2) is 0 Å². The second-order valence-electron chi connectivity index (χ2n) is 15.7. The van der Waals surface area contributed by atoms with E-state index in [4.69, 9.17) is 4.74 Å². The van der Waals surface area contributed by atoms with Gasteiger partial charge < -0.3 is 36.3 Å². The Morgan fingerprint density at radius 1 is 0.947 bits per heavy atom. The maximum absolute atomic E-state index is 14.8. The number of aromatic nitrogens is 1. The first-order valence-electron chi connectivity index (χ1n) is 20.1. The fourth-order valence-electron chi connectivity index (χ4n) is 7.80. The third-order valence-electron chi connectivity index (χ3n) is 11.8. The summed E-state index contributed by atoms with van der Waals surface area (Å²) >= 11 is 0. The van der Waals surface area contributed by atoms with E-state index in [0.717, 1.165) is 25.3 Å². The van der Waals surface area contributed by atoms with Crippen LogP contribution in [0.15, 0.2) is 42.5 Å². The van der Waals surface area contributed by atoms with Crippen molar-refractivity contribution >= 4 is 34.7 Å². The lowest BCUT2D eigenvalue weighted by atomic mass is 9.78. The first kappa shape index (κ1) is 43.5. The lowest BCUT2D eigenvalue weighted by Crippen LogP contribution is -2.67. The van der Waals surface area contributed by atoms with Gasteiger partial charge in [-0.2, -0.15) is 13.2 Å². The van der Waals surface area contributed by atoms with Crippen LogP contribution in [0.1, 0.15) is 88.6 Å². The van der Waals surface area contributed by atoms with E-state index >= 15 is 0 Å². The molecule has 15 heteroatoms. The number of hydrogen-bond donors (Lipinski definition) is 6. The van der Waals surface area contributed by atoms with Gasteiger partial charge in [-0.15, -0.1) is 0 Å². The number of carbonyl (C=O) groups is 4. The number of nitrogens with one attached hydrogen (secondary N) is 6. The first-order valence-corrected chi connectivity index (χ1v) is 20.1. The molecule has 1 aromatic heterocycles. The molecule has 5 atom stereocenters. The molecule has 312 valence electrons. The van der Waals surface area contributed by atoms with Crippen molar-refractivity contribution in [3.8, 4) is 0 Å². The number of alkyl halides is 3. The molecule has 0 radical (unpaired) electrons. The Hall–Kier alpha value is -4.66. The molecule has 3 aromatic rings. The van der Waals surface area contributed by atoms with E-state index in [1.165, 1.54) is 24.3 Å². The predicted molar refractivity (Wildman–Crippen MR) is 209 cm³/mol. The van der Waals surface area contributed by atoms with E-state index < -0.39 is 58.8 Å². The van der Waals surface area contributed by atoms with Crippen molar-refractivity contribution in [1.29, 1.82) is 0 Å². The van der Waals surface area contributed by atoms with Crippen molar-refractivity contribution in [2.24, 2.45) is 17.8 Å². The highest BCUT2D eigenvalue weighted by atomic mass is 19.4. The zero-order valence-electron chi connectivity index (χ0n) is 33.2. The van der Waals surface area contributed by atoms with Crippen molar-refractivity contribution in [1.82, 2.24) is 31.6 Å². The smallest absolute Gasteiger partial charge is 0.381 e. The quantitative estimate of drug-likeness (QED) is 0.0970. The van der Waals surface area contributed by atoms with Crippen LogP contribution in [0.25, 0.3) is 10.9 Å².